The van der Waals surface area contributed by atoms with Gasteiger partial charge in [0.25, 0.3) is 0 Å². The highest BCUT2D eigenvalue weighted by Crippen LogP contribution is 2.30. The first-order valence-corrected chi connectivity index (χ1v) is 8.38. The minimum absolute atomic E-state index is 0.0837. The summed E-state index contributed by atoms with van der Waals surface area (Å²) >= 11 is 0. The second kappa shape index (κ2) is 8.44. The molecule has 0 radical (unpaired) electrons. The van der Waals surface area contributed by atoms with E-state index >= 15 is 0 Å². The van der Waals surface area contributed by atoms with Crippen LogP contribution < -0.4 is 14.8 Å². The smallest absolute Gasteiger partial charge is 0.422 e. The van der Waals surface area contributed by atoms with E-state index in [0.29, 0.717) is 18.9 Å². The van der Waals surface area contributed by atoms with Gasteiger partial charge in [-0.3, -0.25) is 4.68 Å². The summed E-state index contributed by atoms with van der Waals surface area (Å²) in [5, 5.41) is 7.71. The summed E-state index contributed by atoms with van der Waals surface area (Å²) in [6, 6.07) is 5.02. The van der Waals surface area contributed by atoms with Crippen molar-refractivity contribution in [1.29, 1.82) is 0 Å². The van der Waals surface area contributed by atoms with Crippen molar-refractivity contribution in [2.75, 3.05) is 13.2 Å². The number of nitrogens with zero attached hydrogens (tertiary/aromatic N) is 2. The number of ether oxygens (including phenoxy) is 2. The predicted molar refractivity (Wildman–Crippen MR) is 92.4 cm³/mol. The van der Waals surface area contributed by atoms with Crippen molar-refractivity contribution in [2.24, 2.45) is 7.05 Å². The van der Waals surface area contributed by atoms with E-state index in [-0.39, 0.29) is 11.8 Å². The van der Waals surface area contributed by atoms with Crippen LogP contribution in [0.1, 0.15) is 36.7 Å². The molecule has 1 heterocycles. The summed E-state index contributed by atoms with van der Waals surface area (Å²) in [5.41, 5.74) is 2.95. The van der Waals surface area contributed by atoms with Crippen LogP contribution in [0.5, 0.6) is 11.5 Å². The Labute approximate surface area is 151 Å². The number of alkyl halides is 3. The third kappa shape index (κ3) is 5.66. The summed E-state index contributed by atoms with van der Waals surface area (Å²) in [6.45, 7) is 5.29. The normalized spacial score (nSPS) is 12.9. The maximum absolute atomic E-state index is 12.4. The van der Waals surface area contributed by atoms with Crippen molar-refractivity contribution in [3.8, 4) is 11.5 Å². The second-order valence-electron chi connectivity index (χ2n) is 6.06. The Balaban J connectivity index is 2.05. The maximum atomic E-state index is 12.4. The van der Waals surface area contributed by atoms with E-state index in [0.717, 1.165) is 16.8 Å². The zero-order chi connectivity index (χ0) is 19.3. The lowest BCUT2D eigenvalue weighted by Gasteiger charge is -2.16. The SMILES string of the molecule is CCOc1cc(CNC(C)c2cn(C)nc2C)ccc1OCC(F)(F)F. The minimum atomic E-state index is -4.39. The van der Waals surface area contributed by atoms with Crippen LogP contribution in [0.15, 0.2) is 24.4 Å². The van der Waals surface area contributed by atoms with Gasteiger partial charge in [0.1, 0.15) is 0 Å². The number of benzene rings is 1. The van der Waals surface area contributed by atoms with Crippen LogP contribution in [0.25, 0.3) is 0 Å². The maximum Gasteiger partial charge on any atom is 0.422 e. The van der Waals surface area contributed by atoms with Crippen molar-refractivity contribution in [1.82, 2.24) is 15.1 Å². The molecule has 1 atom stereocenters. The number of halogens is 3. The Morgan fingerprint density at radius 1 is 1.23 bits per heavy atom. The second-order valence-corrected chi connectivity index (χ2v) is 6.06. The van der Waals surface area contributed by atoms with Crippen LogP contribution in [-0.2, 0) is 13.6 Å². The molecule has 0 saturated carbocycles. The van der Waals surface area contributed by atoms with E-state index in [2.05, 4.69) is 10.4 Å². The third-order valence-corrected chi connectivity index (χ3v) is 3.83. The van der Waals surface area contributed by atoms with Gasteiger partial charge in [0.2, 0.25) is 0 Å². The van der Waals surface area contributed by atoms with Gasteiger partial charge in [-0.2, -0.15) is 18.3 Å². The number of aryl methyl sites for hydroxylation is 2. The molecule has 0 fully saturated rings. The van der Waals surface area contributed by atoms with E-state index in [4.69, 9.17) is 9.47 Å². The van der Waals surface area contributed by atoms with Gasteiger partial charge in [0.15, 0.2) is 18.1 Å². The average Bonchev–Trinajstić information content (AvgIpc) is 2.89. The van der Waals surface area contributed by atoms with Crippen LogP contribution in [0.3, 0.4) is 0 Å². The number of aromatic nitrogens is 2. The molecule has 0 saturated heterocycles. The van der Waals surface area contributed by atoms with Crippen LogP contribution in [0.4, 0.5) is 13.2 Å². The fourth-order valence-electron chi connectivity index (χ4n) is 2.63. The molecule has 1 aromatic heterocycles. The molecule has 2 aromatic rings. The van der Waals surface area contributed by atoms with Crippen LogP contribution >= 0.6 is 0 Å². The standard InChI is InChI=1S/C18H24F3N3O2/c1-5-25-17-8-14(6-7-16(17)26-11-18(19,20)21)9-22-12(2)15-10-24(4)23-13(15)3/h6-8,10,12,22H,5,9,11H2,1-4H3. The molecule has 2 rings (SSSR count). The molecule has 1 N–H and O–H groups in total. The van der Waals surface area contributed by atoms with Gasteiger partial charge in [-0.05, 0) is 38.5 Å². The highest BCUT2D eigenvalue weighted by Gasteiger charge is 2.29. The van der Waals surface area contributed by atoms with E-state index in [1.807, 2.05) is 27.1 Å². The fourth-order valence-corrected chi connectivity index (χ4v) is 2.63. The van der Waals surface area contributed by atoms with Crippen molar-refractivity contribution >= 4 is 0 Å². The number of hydrogen-bond donors (Lipinski definition) is 1. The van der Waals surface area contributed by atoms with Crippen LogP contribution in [-0.4, -0.2) is 29.2 Å². The molecular weight excluding hydrogens is 347 g/mol. The van der Waals surface area contributed by atoms with E-state index in [9.17, 15) is 13.2 Å². The first-order chi connectivity index (χ1) is 12.2. The van der Waals surface area contributed by atoms with Crippen molar-refractivity contribution in [3.05, 3.63) is 41.2 Å². The van der Waals surface area contributed by atoms with Crippen molar-refractivity contribution in [3.63, 3.8) is 0 Å². The number of rotatable bonds is 8. The van der Waals surface area contributed by atoms with Gasteiger partial charge in [-0.25, -0.2) is 0 Å². The molecule has 0 amide bonds. The molecule has 5 nitrogen and oxygen atoms in total. The van der Waals surface area contributed by atoms with E-state index in [1.165, 1.54) is 6.07 Å². The van der Waals surface area contributed by atoms with Crippen LogP contribution in [0, 0.1) is 6.92 Å². The lowest BCUT2D eigenvalue weighted by atomic mass is 10.1. The molecule has 144 valence electrons. The van der Waals surface area contributed by atoms with E-state index in [1.54, 1.807) is 23.7 Å². The molecule has 0 spiro atoms. The molecule has 0 aliphatic heterocycles. The lowest BCUT2D eigenvalue weighted by Crippen LogP contribution is -2.20. The Kier molecular flexibility index (Phi) is 6.52. The first kappa shape index (κ1) is 20.1. The van der Waals surface area contributed by atoms with E-state index < -0.39 is 12.8 Å². The van der Waals surface area contributed by atoms with Gasteiger partial charge in [-0.1, -0.05) is 6.07 Å². The molecule has 1 aromatic carbocycles. The lowest BCUT2D eigenvalue weighted by molar-refractivity contribution is -0.153. The highest BCUT2D eigenvalue weighted by atomic mass is 19.4. The van der Waals surface area contributed by atoms with Gasteiger partial charge in [0.05, 0.1) is 12.3 Å². The largest absolute Gasteiger partial charge is 0.490 e. The highest BCUT2D eigenvalue weighted by molar-refractivity contribution is 5.43. The van der Waals surface area contributed by atoms with Crippen LogP contribution in [0.2, 0.25) is 0 Å². The molecule has 1 unspecified atom stereocenters. The molecule has 26 heavy (non-hydrogen) atoms. The average molecular weight is 371 g/mol. The Bertz CT molecular complexity index is 729. The quantitative estimate of drug-likeness (QED) is 0.764. The van der Waals surface area contributed by atoms with Crippen molar-refractivity contribution < 1.29 is 22.6 Å². The first-order valence-electron chi connectivity index (χ1n) is 8.38. The molecule has 0 bridgehead atoms. The fraction of sp³-hybridized carbons (Fsp3) is 0.500. The molecular formula is C18H24F3N3O2. The summed E-state index contributed by atoms with van der Waals surface area (Å²) in [6.07, 6.45) is -2.42. The number of hydrogen-bond acceptors (Lipinski definition) is 4. The predicted octanol–water partition coefficient (Wildman–Crippen LogP) is 3.92. The Hall–Kier alpha value is -2.22. The Morgan fingerprint density at radius 2 is 1.96 bits per heavy atom. The van der Waals surface area contributed by atoms with Gasteiger partial charge in [0, 0.05) is 31.4 Å². The number of nitrogens with one attached hydrogen (secondary N) is 1. The third-order valence-electron chi connectivity index (χ3n) is 3.83. The topological polar surface area (TPSA) is 48.3 Å². The zero-order valence-electron chi connectivity index (χ0n) is 15.4. The van der Waals surface area contributed by atoms with Crippen molar-refractivity contribution in [2.45, 2.75) is 39.5 Å². The minimum Gasteiger partial charge on any atom is -0.490 e. The molecule has 8 heteroatoms. The molecule has 0 aliphatic rings. The Morgan fingerprint density at radius 3 is 2.54 bits per heavy atom. The zero-order valence-corrected chi connectivity index (χ0v) is 15.4. The monoisotopic (exact) mass is 371 g/mol. The summed E-state index contributed by atoms with van der Waals surface area (Å²) < 4.78 is 49.1. The van der Waals surface area contributed by atoms with Gasteiger partial charge >= 0.3 is 6.18 Å². The summed E-state index contributed by atoms with van der Waals surface area (Å²) in [4.78, 5) is 0. The van der Waals surface area contributed by atoms with Gasteiger partial charge in [-0.15, -0.1) is 0 Å². The summed E-state index contributed by atoms with van der Waals surface area (Å²) in [7, 11) is 1.87. The van der Waals surface area contributed by atoms with Gasteiger partial charge < -0.3 is 14.8 Å². The summed E-state index contributed by atoms with van der Waals surface area (Å²) in [5.74, 6) is 0.394. The molecule has 0 aliphatic carbocycles.